The molecule has 0 heterocycles. The predicted molar refractivity (Wildman–Crippen MR) is 93.4 cm³/mol. The summed E-state index contributed by atoms with van der Waals surface area (Å²) in [5.41, 5.74) is 0. The summed E-state index contributed by atoms with van der Waals surface area (Å²) >= 11 is 0. The summed E-state index contributed by atoms with van der Waals surface area (Å²) in [6, 6.07) is 3.10. The van der Waals surface area contributed by atoms with Gasteiger partial charge in [-0.2, -0.15) is 12.2 Å². The largest absolute Gasteiger partial charge is 4.00 e. The second kappa shape index (κ2) is 15.4. The van der Waals surface area contributed by atoms with Crippen LogP contribution in [0.5, 0.6) is 0 Å². The molecule has 0 nitrogen and oxygen atoms in total. The molecule has 160 valence electrons. The summed E-state index contributed by atoms with van der Waals surface area (Å²) in [6.07, 6.45) is 20.0. The van der Waals surface area contributed by atoms with Crippen molar-refractivity contribution in [3.63, 3.8) is 0 Å². The molecule has 0 saturated carbocycles. The molecule has 2 aromatic carbocycles. The summed E-state index contributed by atoms with van der Waals surface area (Å²) in [7, 11) is 0. The van der Waals surface area contributed by atoms with Gasteiger partial charge in [0, 0.05) is 11.6 Å². The van der Waals surface area contributed by atoms with Gasteiger partial charge in [0.1, 0.15) is 0 Å². The number of rotatable bonds is 0. The fourth-order valence-corrected chi connectivity index (χ4v) is 1.63. The topological polar surface area (TPSA) is 0 Å². The van der Waals surface area contributed by atoms with Crippen molar-refractivity contribution in [1.29, 1.82) is 0 Å². The molecule has 0 aliphatic heterocycles. The van der Waals surface area contributed by atoms with E-state index >= 15 is 0 Å². The molecule has 0 atom stereocenters. The first-order chi connectivity index (χ1) is 14.2. The Morgan fingerprint density at radius 1 is 0.581 bits per heavy atom. The Labute approximate surface area is 189 Å². The Kier molecular flexibility index (Phi) is 14.2. The number of hydrogen-bond acceptors (Lipinski definition) is 0. The van der Waals surface area contributed by atoms with Crippen molar-refractivity contribution in [2.75, 3.05) is 0 Å². The average molecular weight is 476 g/mol. The molecule has 0 aromatic heterocycles. The third-order valence-corrected chi connectivity index (χ3v) is 2.94. The zero-order chi connectivity index (χ0) is 22.5. The first kappa shape index (κ1) is 28.6. The van der Waals surface area contributed by atoms with Gasteiger partial charge in [-0.05, 0) is 0 Å². The molecule has 0 unspecified atom stereocenters. The minimum Gasteiger partial charge on any atom is -0.278 e. The monoisotopic (exact) mass is 476 g/mol. The van der Waals surface area contributed by atoms with Crippen LogP contribution in [0.3, 0.4) is 0 Å². The maximum Gasteiger partial charge on any atom is 4.00 e. The van der Waals surface area contributed by atoms with Crippen LogP contribution in [-0.4, -0.2) is 0 Å². The van der Waals surface area contributed by atoms with Crippen molar-refractivity contribution in [3.05, 3.63) is 119 Å². The molecular weight excluding hydrogens is 464 g/mol. The van der Waals surface area contributed by atoms with Gasteiger partial charge in [0.2, 0.25) is 0 Å². The molecular formula is C22H12F8Ti. The predicted octanol–water partition coefficient (Wildman–Crippen LogP) is 6.70. The first-order valence-corrected chi connectivity index (χ1v) is 8.10. The molecule has 0 saturated heterocycles. The molecule has 0 N–H and O–H groups in total. The smallest absolute Gasteiger partial charge is 0.278 e. The Morgan fingerprint density at radius 2 is 0.935 bits per heavy atom. The normalized spacial score (nSPS) is 12.1. The number of halogens is 8. The van der Waals surface area contributed by atoms with E-state index in [2.05, 4.69) is 24.3 Å². The molecule has 2 aliphatic carbocycles. The number of benzene rings is 2. The van der Waals surface area contributed by atoms with Crippen molar-refractivity contribution in [3.8, 4) is 0 Å². The fourth-order valence-electron chi connectivity index (χ4n) is 1.63. The standard InChI is InChI=1S/2C6HF4.2C5H5.Ti/c2*7-3-1-4(8)6(10)5(9)2-3;2*1-2-4-5-3-1;/h2*1H;2*1-3H,4H2;/q4*-1;+4. The van der Waals surface area contributed by atoms with Gasteiger partial charge in [0.15, 0.2) is 0 Å². The Hall–Kier alpha value is -2.45. The SMILES string of the molecule is Fc1[c-]c(F)c(F)c(F)c1.Fc1[c-]c(F)c(F)c(F)c1.[C-]1=CC=CC1.[C-]1=CC=CC1.[Ti+4]. The maximum absolute atomic E-state index is 12.0. The minimum absolute atomic E-state index is 0. The second-order valence-corrected chi connectivity index (χ2v) is 5.19. The van der Waals surface area contributed by atoms with E-state index in [1.807, 2.05) is 24.3 Å². The molecule has 0 spiro atoms. The van der Waals surface area contributed by atoms with E-state index in [-0.39, 0.29) is 33.9 Å². The fraction of sp³-hybridized carbons (Fsp3) is 0.0909. The van der Waals surface area contributed by atoms with Crippen LogP contribution in [0.1, 0.15) is 12.8 Å². The van der Waals surface area contributed by atoms with Crippen molar-refractivity contribution < 1.29 is 56.8 Å². The van der Waals surface area contributed by atoms with E-state index in [1.165, 1.54) is 12.1 Å². The van der Waals surface area contributed by atoms with Crippen LogP contribution >= 0.6 is 0 Å². The van der Waals surface area contributed by atoms with Crippen molar-refractivity contribution in [2.45, 2.75) is 12.8 Å². The van der Waals surface area contributed by atoms with Gasteiger partial charge in [-0.25, -0.2) is 50.6 Å². The van der Waals surface area contributed by atoms with E-state index < -0.39 is 46.5 Å². The third-order valence-electron chi connectivity index (χ3n) is 2.94. The summed E-state index contributed by atoms with van der Waals surface area (Å²) in [5, 5.41) is 0. The molecule has 2 aliphatic rings. The second-order valence-electron chi connectivity index (χ2n) is 5.19. The summed E-state index contributed by atoms with van der Waals surface area (Å²) in [6.45, 7) is 0. The maximum atomic E-state index is 12.0. The Balaban J connectivity index is 0.000000401. The Bertz CT molecular complexity index is 805. The van der Waals surface area contributed by atoms with Crippen LogP contribution in [0.25, 0.3) is 0 Å². The first-order valence-electron chi connectivity index (χ1n) is 8.10. The quantitative estimate of drug-likeness (QED) is 0.131. The van der Waals surface area contributed by atoms with Crippen LogP contribution in [-0.2, 0) is 21.7 Å². The van der Waals surface area contributed by atoms with Crippen LogP contribution in [0, 0.1) is 70.8 Å². The van der Waals surface area contributed by atoms with Crippen molar-refractivity contribution >= 4 is 0 Å². The number of allylic oxidation sites excluding steroid dienone is 8. The van der Waals surface area contributed by atoms with Crippen LogP contribution in [0.2, 0.25) is 0 Å². The average Bonchev–Trinajstić information content (AvgIpc) is 3.43. The molecule has 2 aromatic rings. The van der Waals surface area contributed by atoms with E-state index in [1.54, 1.807) is 0 Å². The number of hydrogen-bond donors (Lipinski definition) is 0. The molecule has 31 heavy (non-hydrogen) atoms. The Morgan fingerprint density at radius 3 is 1.13 bits per heavy atom. The van der Waals surface area contributed by atoms with E-state index in [9.17, 15) is 35.1 Å². The molecule has 0 bridgehead atoms. The zero-order valence-corrected chi connectivity index (χ0v) is 17.1. The summed E-state index contributed by atoms with van der Waals surface area (Å²) in [4.78, 5) is 0. The van der Waals surface area contributed by atoms with Crippen molar-refractivity contribution in [2.24, 2.45) is 0 Å². The van der Waals surface area contributed by atoms with Gasteiger partial charge >= 0.3 is 21.7 Å². The summed E-state index contributed by atoms with van der Waals surface area (Å²) < 4.78 is 95.5. The van der Waals surface area contributed by atoms with Gasteiger partial charge in [0.05, 0.1) is 34.9 Å². The van der Waals surface area contributed by atoms with Crippen LogP contribution in [0.4, 0.5) is 35.1 Å². The molecule has 9 heteroatoms. The third kappa shape index (κ3) is 11.5. The van der Waals surface area contributed by atoms with E-state index in [4.69, 9.17) is 0 Å². The molecule has 0 amide bonds. The molecule has 4 rings (SSSR count). The molecule has 0 radical (unpaired) electrons. The van der Waals surface area contributed by atoms with Crippen LogP contribution in [0.15, 0.2) is 48.6 Å². The van der Waals surface area contributed by atoms with Gasteiger partial charge < -0.3 is 0 Å². The van der Waals surface area contributed by atoms with E-state index in [0.717, 1.165) is 12.8 Å². The minimum atomic E-state index is -1.71. The van der Waals surface area contributed by atoms with Crippen LogP contribution < -0.4 is 0 Å². The van der Waals surface area contributed by atoms with Gasteiger partial charge in [-0.15, -0.1) is 25.0 Å². The van der Waals surface area contributed by atoms with Gasteiger partial charge in [-0.3, -0.25) is 20.9 Å². The van der Waals surface area contributed by atoms with Crippen molar-refractivity contribution in [1.82, 2.24) is 0 Å². The molecule has 0 fully saturated rings. The van der Waals surface area contributed by atoms with Gasteiger partial charge in [-0.1, -0.05) is 12.1 Å². The zero-order valence-electron chi connectivity index (χ0n) is 15.6. The van der Waals surface area contributed by atoms with E-state index in [0.29, 0.717) is 0 Å². The van der Waals surface area contributed by atoms with Gasteiger partial charge in [0.25, 0.3) is 0 Å². The summed E-state index contributed by atoms with van der Waals surface area (Å²) in [5.74, 6) is -12.3.